The van der Waals surface area contributed by atoms with Crippen LogP contribution in [0.5, 0.6) is 5.75 Å². The van der Waals surface area contributed by atoms with Gasteiger partial charge >= 0.3 is 18.3 Å². The number of methoxy groups -OCH3 is 1. The van der Waals surface area contributed by atoms with Crippen molar-refractivity contribution in [1.82, 2.24) is 0 Å². The van der Waals surface area contributed by atoms with Crippen molar-refractivity contribution in [2.75, 3.05) is 17.7 Å². The second-order valence-electron chi connectivity index (χ2n) is 8.46. The molecule has 41 heavy (non-hydrogen) atoms. The van der Waals surface area contributed by atoms with Gasteiger partial charge in [-0.1, -0.05) is 6.07 Å². The number of carboxylic acids is 1. The molecule has 4 rings (SSSR count). The van der Waals surface area contributed by atoms with Gasteiger partial charge in [-0.2, -0.15) is 26.3 Å². The molecule has 1 aromatic heterocycles. The standard InChI is InChI=1S/C26H16F8N2O4S/c1-40-19-9-18(28)15(24(38)39)6-11(19)10-35-21-14-4-2-12(25(29,30)31)7-20(14)41-22(21)23(37)36-13-3-5-17(27)16(8-13)26(32,33)34/h2-9,35H,10H2,1H3,(H,36,37)(H,38,39). The van der Waals surface area contributed by atoms with Crippen molar-refractivity contribution >= 4 is 44.7 Å². The van der Waals surface area contributed by atoms with E-state index in [-0.39, 0.29) is 38.5 Å². The third-order valence-electron chi connectivity index (χ3n) is 5.81. The number of fused-ring (bicyclic) bond motifs is 1. The molecular weight excluding hydrogens is 588 g/mol. The maximum Gasteiger partial charge on any atom is 0.419 e. The largest absolute Gasteiger partial charge is 0.496 e. The fourth-order valence-electron chi connectivity index (χ4n) is 3.89. The van der Waals surface area contributed by atoms with Gasteiger partial charge in [0.05, 0.1) is 29.5 Å². The zero-order chi connectivity index (χ0) is 30.3. The van der Waals surface area contributed by atoms with Crippen molar-refractivity contribution in [3.05, 3.63) is 87.3 Å². The lowest BCUT2D eigenvalue weighted by molar-refractivity contribution is -0.140. The Labute approximate surface area is 229 Å². The van der Waals surface area contributed by atoms with Crippen LogP contribution in [-0.4, -0.2) is 24.1 Å². The molecule has 6 nitrogen and oxygen atoms in total. The van der Waals surface area contributed by atoms with Crippen LogP contribution in [0.25, 0.3) is 10.1 Å². The van der Waals surface area contributed by atoms with Crippen LogP contribution < -0.4 is 15.4 Å². The summed E-state index contributed by atoms with van der Waals surface area (Å²) in [6.07, 6.45) is -9.78. The summed E-state index contributed by atoms with van der Waals surface area (Å²) in [6.45, 7) is -0.300. The first-order valence-corrected chi connectivity index (χ1v) is 12.1. The minimum atomic E-state index is -5.06. The average molecular weight is 604 g/mol. The molecule has 3 N–H and O–H groups in total. The molecule has 4 aromatic rings. The molecule has 15 heteroatoms. The van der Waals surface area contributed by atoms with Gasteiger partial charge in [0, 0.05) is 33.9 Å². The SMILES string of the molecule is COc1cc(F)c(C(=O)O)cc1CNc1c(C(=O)Nc2ccc(F)c(C(F)(F)F)c2)sc2cc(C(F)(F)F)ccc12. The average Bonchev–Trinajstić information content (AvgIpc) is 3.25. The lowest BCUT2D eigenvalue weighted by atomic mass is 10.1. The molecule has 216 valence electrons. The van der Waals surface area contributed by atoms with E-state index in [1.807, 2.05) is 0 Å². The zero-order valence-electron chi connectivity index (χ0n) is 20.4. The molecule has 0 unspecified atom stereocenters. The van der Waals surface area contributed by atoms with Crippen molar-refractivity contribution in [2.45, 2.75) is 18.9 Å². The molecule has 0 saturated heterocycles. The van der Waals surface area contributed by atoms with E-state index in [9.17, 15) is 49.8 Å². The van der Waals surface area contributed by atoms with Gasteiger partial charge in [0.2, 0.25) is 0 Å². The van der Waals surface area contributed by atoms with Crippen LogP contribution in [0.1, 0.15) is 36.7 Å². The number of amides is 1. The molecular formula is C26H16F8N2O4S. The maximum atomic E-state index is 14.1. The molecule has 1 heterocycles. The van der Waals surface area contributed by atoms with Crippen molar-refractivity contribution in [1.29, 1.82) is 0 Å². The van der Waals surface area contributed by atoms with Gasteiger partial charge in [0.1, 0.15) is 22.3 Å². The number of hydrogen-bond acceptors (Lipinski definition) is 5. The van der Waals surface area contributed by atoms with Gasteiger partial charge in [-0.15, -0.1) is 11.3 Å². The van der Waals surface area contributed by atoms with Crippen LogP contribution in [0.2, 0.25) is 0 Å². The number of benzene rings is 3. The van der Waals surface area contributed by atoms with E-state index in [2.05, 4.69) is 10.6 Å². The first kappa shape index (κ1) is 29.6. The number of thiophene rings is 1. The Morgan fingerprint density at radius 2 is 1.63 bits per heavy atom. The van der Waals surface area contributed by atoms with Gasteiger partial charge in [-0.05, 0) is 36.4 Å². The number of carbonyl (C=O) groups excluding carboxylic acids is 1. The number of anilines is 2. The summed E-state index contributed by atoms with van der Waals surface area (Å²) in [4.78, 5) is 24.3. The van der Waals surface area contributed by atoms with E-state index in [1.54, 1.807) is 0 Å². The van der Waals surface area contributed by atoms with Crippen LogP contribution in [0.4, 0.5) is 46.5 Å². The highest BCUT2D eigenvalue weighted by Crippen LogP contribution is 2.41. The first-order chi connectivity index (χ1) is 19.1. The molecule has 1 amide bonds. The zero-order valence-corrected chi connectivity index (χ0v) is 21.2. The number of alkyl halides is 6. The van der Waals surface area contributed by atoms with E-state index in [0.717, 1.165) is 36.4 Å². The van der Waals surface area contributed by atoms with Crippen LogP contribution in [-0.2, 0) is 18.9 Å². The summed E-state index contributed by atoms with van der Waals surface area (Å²) in [5, 5.41) is 14.4. The molecule has 0 saturated carbocycles. The van der Waals surface area contributed by atoms with Crippen LogP contribution in [0.3, 0.4) is 0 Å². The van der Waals surface area contributed by atoms with Gasteiger partial charge in [-0.25, -0.2) is 13.6 Å². The minimum absolute atomic E-state index is 0.0140. The molecule has 0 atom stereocenters. The molecule has 0 bridgehead atoms. The lowest BCUT2D eigenvalue weighted by Crippen LogP contribution is -2.15. The van der Waals surface area contributed by atoms with Crippen LogP contribution in [0.15, 0.2) is 48.5 Å². The van der Waals surface area contributed by atoms with E-state index in [1.165, 1.54) is 7.11 Å². The molecule has 0 aliphatic rings. The fourth-order valence-corrected chi connectivity index (χ4v) is 5.01. The molecule has 0 radical (unpaired) electrons. The number of halogens is 8. The van der Waals surface area contributed by atoms with Crippen molar-refractivity contribution in [2.24, 2.45) is 0 Å². The van der Waals surface area contributed by atoms with Crippen molar-refractivity contribution in [3.63, 3.8) is 0 Å². The predicted octanol–water partition coefficient (Wildman–Crippen LogP) is 7.79. The molecule has 0 aliphatic carbocycles. The highest BCUT2D eigenvalue weighted by molar-refractivity contribution is 7.21. The molecule has 3 aromatic carbocycles. The van der Waals surface area contributed by atoms with Crippen LogP contribution >= 0.6 is 11.3 Å². The Bertz CT molecular complexity index is 1660. The first-order valence-electron chi connectivity index (χ1n) is 11.3. The molecule has 0 aliphatic heterocycles. The predicted molar refractivity (Wildman–Crippen MR) is 133 cm³/mol. The molecule has 0 spiro atoms. The number of hydrogen-bond donors (Lipinski definition) is 3. The third-order valence-corrected chi connectivity index (χ3v) is 6.96. The Hall–Kier alpha value is -4.40. The second-order valence-corrected chi connectivity index (χ2v) is 9.52. The normalized spacial score (nSPS) is 11.9. The highest BCUT2D eigenvalue weighted by atomic mass is 32.1. The fraction of sp³-hybridized carbons (Fsp3) is 0.154. The minimum Gasteiger partial charge on any atom is -0.496 e. The summed E-state index contributed by atoms with van der Waals surface area (Å²) in [7, 11) is 1.19. The van der Waals surface area contributed by atoms with Gasteiger partial charge in [0.25, 0.3) is 5.91 Å². The van der Waals surface area contributed by atoms with Crippen molar-refractivity contribution in [3.8, 4) is 5.75 Å². The van der Waals surface area contributed by atoms with E-state index >= 15 is 0 Å². The van der Waals surface area contributed by atoms with E-state index < -0.39 is 58.2 Å². The smallest absolute Gasteiger partial charge is 0.419 e. The summed E-state index contributed by atoms with van der Waals surface area (Å²) >= 11 is 0.594. The topological polar surface area (TPSA) is 87.7 Å². The number of carboxylic acid groups (broad SMARTS) is 1. The van der Waals surface area contributed by atoms with Gasteiger partial charge < -0.3 is 20.5 Å². The monoisotopic (exact) mass is 604 g/mol. The maximum absolute atomic E-state index is 14.1. The van der Waals surface area contributed by atoms with Gasteiger partial charge in [-0.3, -0.25) is 4.79 Å². The number of rotatable bonds is 7. The van der Waals surface area contributed by atoms with Crippen LogP contribution in [0, 0.1) is 11.6 Å². The summed E-state index contributed by atoms with van der Waals surface area (Å²) in [5.74, 6) is -5.34. The molecule has 0 fully saturated rings. The summed E-state index contributed by atoms with van der Waals surface area (Å²) in [6, 6.07) is 6.16. The number of carbonyl (C=O) groups is 2. The van der Waals surface area contributed by atoms with Gasteiger partial charge in [0.15, 0.2) is 0 Å². The van der Waals surface area contributed by atoms with E-state index in [4.69, 9.17) is 4.74 Å². The highest BCUT2D eigenvalue weighted by Gasteiger charge is 2.35. The Morgan fingerprint density at radius 3 is 2.24 bits per heavy atom. The quantitative estimate of drug-likeness (QED) is 0.188. The lowest BCUT2D eigenvalue weighted by Gasteiger charge is -2.14. The summed E-state index contributed by atoms with van der Waals surface area (Å²) < 4.78 is 112. The Morgan fingerprint density at radius 1 is 0.927 bits per heavy atom. The van der Waals surface area contributed by atoms with Crippen molar-refractivity contribution < 1.29 is 54.6 Å². The Kier molecular flexibility index (Phi) is 7.85. The van der Waals surface area contributed by atoms with E-state index in [0.29, 0.717) is 23.5 Å². The number of aromatic carboxylic acids is 1. The third kappa shape index (κ3) is 6.19. The Balaban J connectivity index is 1.77. The number of nitrogens with one attached hydrogen (secondary N) is 2. The summed E-state index contributed by atoms with van der Waals surface area (Å²) in [5.41, 5.74) is -3.73. The number of ether oxygens (including phenoxy) is 1. The second kappa shape index (κ2) is 10.9.